The average molecular weight is 1060 g/mol. The number of carbonyl (C=O) groups excluding carboxylic acids is 2. The van der Waals surface area contributed by atoms with Crippen molar-refractivity contribution in [2.24, 2.45) is 0 Å². The van der Waals surface area contributed by atoms with Crippen LogP contribution in [0.15, 0.2) is 0 Å². The average Bonchev–Trinajstić information content (AvgIpc) is 3.24. The molecule has 4 fully saturated rings. The molecule has 0 saturated carbocycles. The van der Waals surface area contributed by atoms with E-state index >= 15 is 0 Å². The molecule has 33 heteroatoms. The number of carboxylic acid groups (broad SMARTS) is 2. The Morgan fingerprint density at radius 3 is 1.49 bits per heavy atom. The smallest absolute Gasteiger partial charge is 0.397 e. The molecule has 0 radical (unpaired) electrons. The molecule has 0 bridgehead atoms. The summed E-state index contributed by atoms with van der Waals surface area (Å²) in [6.07, 6.45) is -39.4. The highest BCUT2D eigenvalue weighted by molar-refractivity contribution is 7.81. The normalized spacial score (nSPS) is 40.3. The molecular weight excluding hydrogens is 1000 g/mol. The standard InChI is InChI=1S/C37H62N2O29S2/c1-7-9-37(6,31-21(47)18(44)19(45)28(62-31)32(49)50)66-26-17(39-13(4)43)35(61-15(11-41)24(26)68-70(57,58)59)64-27-20(46)22(48)30(63-29(27)33(51)52)36(5,8-2)65-25-16(38-12(3)42)34(53)60-14(10-40)23(25)67-69(54,55)56/h14-31,34-35,40-41,44-48,53H,7-11H2,1-6H3,(H,38,42)(H,39,43)(H,49,50)(H,51,52)(H,54,55,56)(H,57,58,59)/t14?,15?,16?,17?,18?,19-,20?,21?,22?,23-,24-,25?,26?,27-,28?,29?,30+,31+,34+,35-,36?,37?/m0/s1. The van der Waals surface area contributed by atoms with Gasteiger partial charge >= 0.3 is 32.7 Å². The minimum Gasteiger partial charge on any atom is -0.479 e. The van der Waals surface area contributed by atoms with Gasteiger partial charge in [0, 0.05) is 13.8 Å². The minimum atomic E-state index is -5.58. The topological polar surface area (TPSA) is 486 Å². The van der Waals surface area contributed by atoms with Crippen molar-refractivity contribution in [3.63, 3.8) is 0 Å². The summed E-state index contributed by atoms with van der Waals surface area (Å²) in [5, 5.41) is 112. The van der Waals surface area contributed by atoms with E-state index in [0.717, 1.165) is 20.8 Å². The highest BCUT2D eigenvalue weighted by Crippen LogP contribution is 2.42. The molecule has 4 rings (SSSR count). The van der Waals surface area contributed by atoms with E-state index in [1.807, 2.05) is 0 Å². The van der Waals surface area contributed by atoms with Crippen LogP contribution in [0.4, 0.5) is 0 Å². The number of nitrogens with one attached hydrogen (secondary N) is 2. The summed E-state index contributed by atoms with van der Waals surface area (Å²) in [6.45, 7) is 4.78. The van der Waals surface area contributed by atoms with Crippen molar-refractivity contribution < 1.29 is 138 Å². The number of ether oxygens (including phenoxy) is 7. The number of amides is 2. The largest absolute Gasteiger partial charge is 0.479 e. The van der Waals surface area contributed by atoms with Gasteiger partial charge in [-0.2, -0.15) is 16.8 Å². The number of aliphatic hydroxyl groups excluding tert-OH is 8. The minimum absolute atomic E-state index is 0.0747. The molecule has 0 spiro atoms. The van der Waals surface area contributed by atoms with E-state index in [1.165, 1.54) is 13.8 Å². The number of hydrogen-bond donors (Lipinski definition) is 14. The molecule has 4 aliphatic rings. The second-order valence-electron chi connectivity index (χ2n) is 17.5. The van der Waals surface area contributed by atoms with E-state index in [0.29, 0.717) is 0 Å². The van der Waals surface area contributed by atoms with Gasteiger partial charge in [-0.25, -0.2) is 18.0 Å². The third kappa shape index (κ3) is 13.6. The van der Waals surface area contributed by atoms with Gasteiger partial charge in [-0.05, 0) is 26.7 Å². The van der Waals surface area contributed by atoms with Crippen LogP contribution in [0.1, 0.15) is 60.8 Å². The lowest BCUT2D eigenvalue weighted by Gasteiger charge is -2.53. The van der Waals surface area contributed by atoms with Crippen LogP contribution in [0, 0.1) is 0 Å². The fourth-order valence-electron chi connectivity index (χ4n) is 9.01. The Bertz CT molecular complexity index is 2050. The van der Waals surface area contributed by atoms with E-state index in [-0.39, 0.29) is 19.3 Å². The Kier molecular flexibility index (Phi) is 20.0. The molecule has 0 aromatic rings. The number of rotatable bonds is 21. The SMILES string of the molecule is CCCC(C)(OC1C(NC(C)=O)[C@H](O[C@@H]2C(C(=O)O)O[C@@H](C(C)(CC)OC3C(NC(C)=O)[C@H](O)OC(CO)[C@@H]3OS(=O)(=O)O)C(O)C2O)OC(CO)[C@@H]1OS(=O)(=O)O)[C@@H]1OC(C(=O)O)[C@@H](O)C(O)C1O. The predicted molar refractivity (Wildman–Crippen MR) is 221 cm³/mol. The lowest BCUT2D eigenvalue weighted by molar-refractivity contribution is -0.346. The van der Waals surface area contributed by atoms with Gasteiger partial charge in [-0.3, -0.25) is 18.7 Å². The summed E-state index contributed by atoms with van der Waals surface area (Å²) in [4.78, 5) is 50.3. The van der Waals surface area contributed by atoms with E-state index in [4.69, 9.17) is 41.5 Å². The number of aliphatic hydroxyl groups is 8. The van der Waals surface area contributed by atoms with Gasteiger partial charge in [0.1, 0.15) is 97.5 Å². The lowest BCUT2D eigenvalue weighted by Crippen LogP contribution is -2.73. The molecule has 0 aromatic heterocycles. The zero-order chi connectivity index (χ0) is 53.2. The lowest BCUT2D eigenvalue weighted by atomic mass is 9.82. The first-order valence-corrected chi connectivity index (χ1v) is 24.3. The van der Waals surface area contributed by atoms with Crippen molar-refractivity contribution in [2.45, 2.75) is 194 Å². The highest BCUT2D eigenvalue weighted by Gasteiger charge is 2.62. The quantitative estimate of drug-likeness (QED) is 0.0475. The number of hydrogen-bond acceptors (Lipinski definition) is 25. The number of carbonyl (C=O) groups is 4. The summed E-state index contributed by atoms with van der Waals surface area (Å²) in [6, 6.07) is -3.81. The molecule has 406 valence electrons. The molecule has 0 aliphatic carbocycles. The van der Waals surface area contributed by atoms with Crippen LogP contribution in [0.25, 0.3) is 0 Å². The first-order chi connectivity index (χ1) is 32.3. The first kappa shape index (κ1) is 59.6. The fourth-order valence-corrected chi connectivity index (χ4v) is 10.0. The van der Waals surface area contributed by atoms with E-state index < -0.39 is 191 Å². The molecule has 70 heavy (non-hydrogen) atoms. The maximum atomic E-state index is 13.1. The van der Waals surface area contributed by atoms with Gasteiger partial charge in [-0.1, -0.05) is 20.3 Å². The van der Waals surface area contributed by atoms with Crippen LogP contribution >= 0.6 is 0 Å². The second-order valence-corrected chi connectivity index (χ2v) is 19.6. The van der Waals surface area contributed by atoms with E-state index in [2.05, 4.69) is 10.6 Å². The molecule has 2 amide bonds. The molecule has 4 saturated heterocycles. The maximum Gasteiger partial charge on any atom is 0.397 e. The maximum absolute atomic E-state index is 13.1. The molecule has 31 nitrogen and oxygen atoms in total. The Morgan fingerprint density at radius 2 is 1.03 bits per heavy atom. The summed E-state index contributed by atoms with van der Waals surface area (Å²) < 4.78 is 119. The molecule has 14 N–H and O–H groups in total. The van der Waals surface area contributed by atoms with Crippen LogP contribution in [-0.4, -0.2) is 248 Å². The van der Waals surface area contributed by atoms with Crippen LogP contribution in [-0.2, 0) is 81.5 Å². The van der Waals surface area contributed by atoms with Crippen LogP contribution in [0.2, 0.25) is 0 Å². The van der Waals surface area contributed by atoms with Crippen LogP contribution < -0.4 is 10.6 Å². The number of carboxylic acids is 2. The molecular formula is C37H62N2O29S2. The first-order valence-electron chi connectivity index (χ1n) is 21.5. The summed E-state index contributed by atoms with van der Waals surface area (Å²) >= 11 is 0. The molecule has 4 heterocycles. The van der Waals surface area contributed by atoms with Crippen molar-refractivity contribution in [1.29, 1.82) is 0 Å². The second kappa shape index (κ2) is 23.5. The summed E-state index contributed by atoms with van der Waals surface area (Å²) in [7, 11) is -11.0. The molecule has 4 aliphatic heterocycles. The monoisotopic (exact) mass is 1060 g/mol. The van der Waals surface area contributed by atoms with Crippen molar-refractivity contribution in [3.05, 3.63) is 0 Å². The molecule has 0 aromatic carbocycles. The van der Waals surface area contributed by atoms with Gasteiger partial charge < -0.3 is 94.9 Å². The van der Waals surface area contributed by atoms with Crippen molar-refractivity contribution >= 4 is 44.6 Å². The zero-order valence-corrected chi connectivity index (χ0v) is 39.8. The van der Waals surface area contributed by atoms with Gasteiger partial charge in [0.05, 0.1) is 24.4 Å². The predicted octanol–water partition coefficient (Wildman–Crippen LogP) is -6.81. The van der Waals surface area contributed by atoms with Gasteiger partial charge in [-0.15, -0.1) is 0 Å². The van der Waals surface area contributed by atoms with Crippen molar-refractivity contribution in [3.8, 4) is 0 Å². The van der Waals surface area contributed by atoms with E-state index in [9.17, 15) is 96.2 Å². The van der Waals surface area contributed by atoms with E-state index in [1.54, 1.807) is 6.92 Å². The van der Waals surface area contributed by atoms with Crippen LogP contribution in [0.3, 0.4) is 0 Å². The Morgan fingerprint density at radius 1 is 0.586 bits per heavy atom. The summed E-state index contributed by atoms with van der Waals surface area (Å²) in [5.74, 6) is -5.60. The third-order valence-corrected chi connectivity index (χ3v) is 13.3. The Balaban J connectivity index is 1.81. The third-order valence-electron chi connectivity index (χ3n) is 12.3. The Labute approximate surface area is 399 Å². The van der Waals surface area contributed by atoms with Gasteiger partial charge in [0.25, 0.3) is 0 Å². The van der Waals surface area contributed by atoms with Crippen molar-refractivity contribution in [1.82, 2.24) is 10.6 Å². The molecule has 14 unspecified atom stereocenters. The van der Waals surface area contributed by atoms with Crippen LogP contribution in [0.5, 0.6) is 0 Å². The highest BCUT2D eigenvalue weighted by atomic mass is 32.3. The summed E-state index contributed by atoms with van der Waals surface area (Å²) in [5.41, 5.74) is -4.29. The Hall–Kier alpha value is -2.98. The fraction of sp³-hybridized carbons (Fsp3) is 0.892. The number of aliphatic carboxylic acids is 2. The van der Waals surface area contributed by atoms with Gasteiger partial charge in [0.15, 0.2) is 24.8 Å². The van der Waals surface area contributed by atoms with Gasteiger partial charge in [0.2, 0.25) is 11.8 Å². The molecule has 22 atom stereocenters. The van der Waals surface area contributed by atoms with Crippen molar-refractivity contribution in [2.75, 3.05) is 13.2 Å². The zero-order valence-electron chi connectivity index (χ0n) is 38.2.